The number of hydrogen-bond acceptors (Lipinski definition) is 3. The number of benzene rings is 1. The maximum absolute atomic E-state index is 12.5. The van der Waals surface area contributed by atoms with Gasteiger partial charge in [0.15, 0.2) is 0 Å². The summed E-state index contributed by atoms with van der Waals surface area (Å²) in [4.78, 5) is 25.1. The van der Waals surface area contributed by atoms with Gasteiger partial charge in [-0.1, -0.05) is 19.3 Å². The maximum atomic E-state index is 12.5. The third-order valence-electron chi connectivity index (χ3n) is 6.75. The van der Waals surface area contributed by atoms with E-state index < -0.39 is 0 Å². The Morgan fingerprint density at radius 3 is 2.38 bits per heavy atom. The van der Waals surface area contributed by atoms with Gasteiger partial charge in [-0.15, -0.1) is 12.4 Å². The van der Waals surface area contributed by atoms with E-state index in [0.717, 1.165) is 36.9 Å². The number of halogens is 1. The van der Waals surface area contributed by atoms with Crippen molar-refractivity contribution in [2.75, 3.05) is 5.32 Å². The fourth-order valence-electron chi connectivity index (χ4n) is 5.27. The average molecular weight is 420 g/mol. The number of hydrogen-bond donors (Lipinski definition) is 3. The van der Waals surface area contributed by atoms with E-state index in [1.807, 2.05) is 25.1 Å². The summed E-state index contributed by atoms with van der Waals surface area (Å²) in [5.74, 6) is 0.575. The molecule has 160 valence electrons. The van der Waals surface area contributed by atoms with Crippen molar-refractivity contribution in [2.24, 2.45) is 5.92 Å². The van der Waals surface area contributed by atoms with Crippen molar-refractivity contribution in [3.05, 3.63) is 29.3 Å². The Bertz CT molecular complexity index is 721. The molecule has 3 N–H and O–H groups in total. The lowest BCUT2D eigenvalue weighted by Crippen LogP contribution is -2.39. The molecule has 0 spiro atoms. The highest BCUT2D eigenvalue weighted by molar-refractivity contribution is 5.96. The molecular formula is C23H34ClN3O2. The van der Waals surface area contributed by atoms with Gasteiger partial charge in [-0.05, 0) is 75.1 Å². The van der Waals surface area contributed by atoms with Crippen LogP contribution in [0.1, 0.15) is 80.1 Å². The van der Waals surface area contributed by atoms with Gasteiger partial charge in [0.25, 0.3) is 5.91 Å². The minimum absolute atomic E-state index is 0. The molecule has 0 radical (unpaired) electrons. The number of aryl methyl sites for hydroxylation is 1. The molecule has 3 fully saturated rings. The average Bonchev–Trinajstić information content (AvgIpc) is 3.02. The number of fused-ring (bicyclic) bond motifs is 2. The molecule has 2 saturated heterocycles. The van der Waals surface area contributed by atoms with Crippen molar-refractivity contribution in [3.63, 3.8) is 0 Å². The number of rotatable bonds is 5. The van der Waals surface area contributed by atoms with Crippen LogP contribution < -0.4 is 16.0 Å². The Kier molecular flexibility index (Phi) is 7.58. The van der Waals surface area contributed by atoms with E-state index in [1.165, 1.54) is 32.1 Å². The van der Waals surface area contributed by atoms with E-state index in [4.69, 9.17) is 0 Å². The standard InChI is InChI=1S/C23H33N3O2.ClH/c1-15-11-17(23(28)25-18-5-3-2-4-6-18)7-10-21(15)26-22(27)14-16-12-19-8-9-20(13-16)24-19;/h7,10-11,16,18-20,24H,2-6,8-9,12-14H2,1H3,(H,25,28)(H,26,27);1H. The minimum Gasteiger partial charge on any atom is -0.349 e. The SMILES string of the molecule is Cc1cc(C(=O)NC2CCCCC2)ccc1NC(=O)CC1CC2CCC(C1)N2.Cl. The van der Waals surface area contributed by atoms with Gasteiger partial charge in [-0.25, -0.2) is 0 Å². The van der Waals surface area contributed by atoms with Crippen LogP contribution in [0.2, 0.25) is 0 Å². The first-order valence-electron chi connectivity index (χ1n) is 11.0. The lowest BCUT2D eigenvalue weighted by molar-refractivity contribution is -0.117. The second-order valence-corrected chi connectivity index (χ2v) is 9.07. The molecule has 1 aliphatic carbocycles. The molecule has 3 aliphatic rings. The van der Waals surface area contributed by atoms with Crippen molar-refractivity contribution in [1.29, 1.82) is 0 Å². The van der Waals surface area contributed by atoms with Crippen molar-refractivity contribution in [2.45, 2.75) is 89.3 Å². The molecule has 5 nitrogen and oxygen atoms in total. The van der Waals surface area contributed by atoms with Crippen molar-refractivity contribution < 1.29 is 9.59 Å². The van der Waals surface area contributed by atoms with E-state index in [2.05, 4.69) is 16.0 Å². The zero-order valence-corrected chi connectivity index (χ0v) is 18.2. The molecule has 4 rings (SSSR count). The Labute approximate surface area is 180 Å². The minimum atomic E-state index is -0.00180. The number of piperidine rings is 1. The molecule has 2 unspecified atom stereocenters. The molecule has 0 aromatic heterocycles. The van der Waals surface area contributed by atoms with Gasteiger partial charge in [-0.2, -0.15) is 0 Å². The fraction of sp³-hybridized carbons (Fsp3) is 0.652. The van der Waals surface area contributed by atoms with Crippen molar-refractivity contribution in [3.8, 4) is 0 Å². The number of nitrogens with one attached hydrogen (secondary N) is 3. The zero-order valence-electron chi connectivity index (χ0n) is 17.3. The van der Waals surface area contributed by atoms with Gasteiger partial charge in [-0.3, -0.25) is 9.59 Å². The summed E-state index contributed by atoms with van der Waals surface area (Å²) in [5, 5.41) is 9.85. The molecule has 6 heteroatoms. The van der Waals surface area contributed by atoms with Crippen LogP contribution in [0.4, 0.5) is 5.69 Å². The molecule has 1 aromatic rings. The smallest absolute Gasteiger partial charge is 0.251 e. The normalized spacial score (nSPS) is 26.4. The van der Waals surface area contributed by atoms with Gasteiger partial charge in [0, 0.05) is 35.8 Å². The highest BCUT2D eigenvalue weighted by atomic mass is 35.5. The summed E-state index contributed by atoms with van der Waals surface area (Å²) in [5.41, 5.74) is 2.43. The quantitative estimate of drug-likeness (QED) is 0.664. The van der Waals surface area contributed by atoms with Crippen LogP contribution in [0.15, 0.2) is 18.2 Å². The lowest BCUT2D eigenvalue weighted by Gasteiger charge is -2.28. The Morgan fingerprint density at radius 1 is 1.03 bits per heavy atom. The largest absolute Gasteiger partial charge is 0.349 e. The van der Waals surface area contributed by atoms with Crippen LogP contribution in [0.5, 0.6) is 0 Å². The van der Waals surface area contributed by atoms with Gasteiger partial charge in [0.2, 0.25) is 5.91 Å². The van der Waals surface area contributed by atoms with Gasteiger partial charge in [0.05, 0.1) is 0 Å². The summed E-state index contributed by atoms with van der Waals surface area (Å²) in [6.07, 6.45) is 11.2. The first-order valence-corrected chi connectivity index (χ1v) is 11.0. The second-order valence-electron chi connectivity index (χ2n) is 9.07. The summed E-state index contributed by atoms with van der Waals surface area (Å²) in [6.45, 7) is 1.96. The summed E-state index contributed by atoms with van der Waals surface area (Å²) in [6, 6.07) is 7.11. The van der Waals surface area contributed by atoms with E-state index >= 15 is 0 Å². The lowest BCUT2D eigenvalue weighted by atomic mass is 9.89. The first-order chi connectivity index (χ1) is 13.6. The molecular weight excluding hydrogens is 386 g/mol. The summed E-state index contributed by atoms with van der Waals surface area (Å²) >= 11 is 0. The molecule has 2 bridgehead atoms. The third-order valence-corrected chi connectivity index (χ3v) is 6.75. The van der Waals surface area contributed by atoms with Gasteiger partial charge in [0.1, 0.15) is 0 Å². The van der Waals surface area contributed by atoms with Crippen LogP contribution in [-0.2, 0) is 4.79 Å². The first kappa shape index (κ1) is 22.1. The van der Waals surface area contributed by atoms with Crippen LogP contribution in [0.3, 0.4) is 0 Å². The third kappa shape index (κ3) is 5.73. The predicted molar refractivity (Wildman–Crippen MR) is 119 cm³/mol. The van der Waals surface area contributed by atoms with Crippen molar-refractivity contribution in [1.82, 2.24) is 10.6 Å². The number of anilines is 1. The van der Waals surface area contributed by atoms with E-state index in [9.17, 15) is 9.59 Å². The zero-order chi connectivity index (χ0) is 19.5. The summed E-state index contributed by atoms with van der Waals surface area (Å²) < 4.78 is 0. The number of amides is 2. The maximum Gasteiger partial charge on any atom is 0.251 e. The van der Waals surface area contributed by atoms with E-state index in [-0.39, 0.29) is 24.2 Å². The van der Waals surface area contributed by atoms with Gasteiger partial charge < -0.3 is 16.0 Å². The van der Waals surface area contributed by atoms with Crippen LogP contribution >= 0.6 is 12.4 Å². The molecule has 2 aliphatic heterocycles. The highest BCUT2D eigenvalue weighted by Gasteiger charge is 2.34. The fourth-order valence-corrected chi connectivity index (χ4v) is 5.27. The van der Waals surface area contributed by atoms with Crippen LogP contribution in [0.25, 0.3) is 0 Å². The van der Waals surface area contributed by atoms with Crippen LogP contribution in [0, 0.1) is 12.8 Å². The Balaban J connectivity index is 0.00000240. The van der Waals surface area contributed by atoms with E-state index in [0.29, 0.717) is 36.0 Å². The molecule has 2 heterocycles. The molecule has 1 saturated carbocycles. The number of carbonyl (C=O) groups excluding carboxylic acids is 2. The van der Waals surface area contributed by atoms with E-state index in [1.54, 1.807) is 0 Å². The Morgan fingerprint density at radius 2 is 1.72 bits per heavy atom. The van der Waals surface area contributed by atoms with Gasteiger partial charge >= 0.3 is 0 Å². The van der Waals surface area contributed by atoms with Crippen LogP contribution in [-0.4, -0.2) is 29.9 Å². The molecule has 29 heavy (non-hydrogen) atoms. The Hall–Kier alpha value is -1.59. The molecule has 2 atom stereocenters. The molecule has 2 amide bonds. The predicted octanol–water partition coefficient (Wildman–Crippen LogP) is 4.34. The molecule has 1 aromatic carbocycles. The summed E-state index contributed by atoms with van der Waals surface area (Å²) in [7, 11) is 0. The monoisotopic (exact) mass is 419 g/mol. The second kappa shape index (κ2) is 9.94. The van der Waals surface area contributed by atoms with Crippen molar-refractivity contribution >= 4 is 29.9 Å². The topological polar surface area (TPSA) is 70.2 Å². The number of carbonyl (C=O) groups is 2. The highest BCUT2D eigenvalue weighted by Crippen LogP contribution is 2.33.